The van der Waals surface area contributed by atoms with Crippen LogP contribution in [0.25, 0.3) is 11.5 Å². The van der Waals surface area contributed by atoms with E-state index in [4.69, 9.17) is 16.0 Å². The van der Waals surface area contributed by atoms with E-state index in [1.165, 1.54) is 23.9 Å². The van der Waals surface area contributed by atoms with Crippen molar-refractivity contribution in [3.63, 3.8) is 0 Å². The standard InChI is InChI=1S/C16H12ClFN2OS/c1-10(13-4-2-3-5-14(13)17)22-16-20-19-15(21-16)11-6-8-12(18)9-7-11/h2-10H,1H3. The minimum atomic E-state index is -0.301. The van der Waals surface area contributed by atoms with Crippen molar-refractivity contribution < 1.29 is 8.81 Å². The molecule has 22 heavy (non-hydrogen) atoms. The largest absolute Gasteiger partial charge is 0.411 e. The zero-order valence-electron chi connectivity index (χ0n) is 11.7. The Kier molecular flexibility index (Phi) is 4.45. The van der Waals surface area contributed by atoms with Crippen molar-refractivity contribution in [3.8, 4) is 11.5 Å². The summed E-state index contributed by atoms with van der Waals surface area (Å²) in [6.07, 6.45) is 0. The maximum atomic E-state index is 12.9. The molecule has 3 nitrogen and oxygen atoms in total. The van der Waals surface area contributed by atoms with Gasteiger partial charge in [-0.2, -0.15) is 0 Å². The third-order valence-corrected chi connectivity index (χ3v) is 4.44. The molecule has 0 aliphatic carbocycles. The summed E-state index contributed by atoms with van der Waals surface area (Å²) in [5, 5.41) is 9.25. The van der Waals surface area contributed by atoms with Crippen LogP contribution in [0.4, 0.5) is 4.39 Å². The Morgan fingerprint density at radius 2 is 1.82 bits per heavy atom. The second-order valence-corrected chi connectivity index (χ2v) is 6.36. The van der Waals surface area contributed by atoms with Crippen LogP contribution in [-0.2, 0) is 0 Å². The molecule has 0 N–H and O–H groups in total. The van der Waals surface area contributed by atoms with Gasteiger partial charge >= 0.3 is 0 Å². The Balaban J connectivity index is 1.77. The van der Waals surface area contributed by atoms with Crippen LogP contribution in [-0.4, -0.2) is 10.2 Å². The van der Waals surface area contributed by atoms with Gasteiger partial charge in [0.25, 0.3) is 5.22 Å². The molecule has 0 fully saturated rings. The Labute approximate surface area is 136 Å². The fourth-order valence-corrected chi connectivity index (χ4v) is 3.20. The van der Waals surface area contributed by atoms with Crippen molar-refractivity contribution >= 4 is 23.4 Å². The number of benzene rings is 2. The van der Waals surface area contributed by atoms with Crippen LogP contribution < -0.4 is 0 Å². The zero-order chi connectivity index (χ0) is 15.5. The van der Waals surface area contributed by atoms with E-state index in [0.29, 0.717) is 21.7 Å². The molecule has 2 aromatic carbocycles. The normalized spacial score (nSPS) is 12.3. The zero-order valence-corrected chi connectivity index (χ0v) is 13.2. The average molecular weight is 335 g/mol. The lowest BCUT2D eigenvalue weighted by Gasteiger charge is -2.10. The smallest absolute Gasteiger partial charge is 0.277 e. The lowest BCUT2D eigenvalue weighted by molar-refractivity contribution is 0.465. The van der Waals surface area contributed by atoms with Crippen molar-refractivity contribution in [1.82, 2.24) is 10.2 Å². The quantitative estimate of drug-likeness (QED) is 0.600. The lowest BCUT2D eigenvalue weighted by Crippen LogP contribution is -1.89. The molecule has 6 heteroatoms. The molecule has 0 amide bonds. The van der Waals surface area contributed by atoms with E-state index in [1.54, 1.807) is 12.1 Å². The Morgan fingerprint density at radius 3 is 2.55 bits per heavy atom. The number of hydrogen-bond donors (Lipinski definition) is 0. The van der Waals surface area contributed by atoms with Crippen LogP contribution in [0.15, 0.2) is 58.2 Å². The molecule has 0 saturated heterocycles. The van der Waals surface area contributed by atoms with Gasteiger partial charge in [-0.05, 0) is 42.8 Å². The van der Waals surface area contributed by atoms with E-state index < -0.39 is 0 Å². The summed E-state index contributed by atoms with van der Waals surface area (Å²) in [4.78, 5) is 0. The van der Waals surface area contributed by atoms with Crippen LogP contribution >= 0.6 is 23.4 Å². The first-order chi connectivity index (χ1) is 10.6. The molecule has 0 radical (unpaired) electrons. The summed E-state index contributed by atoms with van der Waals surface area (Å²) < 4.78 is 18.5. The Morgan fingerprint density at radius 1 is 1.09 bits per heavy atom. The molecule has 0 saturated carbocycles. The molecule has 0 aliphatic rings. The van der Waals surface area contributed by atoms with Gasteiger partial charge in [0, 0.05) is 15.8 Å². The number of halogens is 2. The first-order valence-electron chi connectivity index (χ1n) is 6.64. The third kappa shape index (κ3) is 3.31. The van der Waals surface area contributed by atoms with Gasteiger partial charge in [0.15, 0.2) is 0 Å². The topological polar surface area (TPSA) is 38.9 Å². The third-order valence-electron chi connectivity index (χ3n) is 3.12. The van der Waals surface area contributed by atoms with Crippen molar-refractivity contribution in [2.75, 3.05) is 0 Å². The minimum absolute atomic E-state index is 0.0789. The highest BCUT2D eigenvalue weighted by Crippen LogP contribution is 2.37. The number of nitrogens with zero attached hydrogens (tertiary/aromatic N) is 2. The van der Waals surface area contributed by atoms with Crippen LogP contribution in [0, 0.1) is 5.82 Å². The van der Waals surface area contributed by atoms with Crippen molar-refractivity contribution in [2.45, 2.75) is 17.4 Å². The predicted molar refractivity (Wildman–Crippen MR) is 85.4 cm³/mol. The molecule has 1 aromatic heterocycles. The first-order valence-corrected chi connectivity index (χ1v) is 7.90. The van der Waals surface area contributed by atoms with E-state index in [9.17, 15) is 4.39 Å². The second-order valence-electron chi connectivity index (χ2n) is 4.66. The van der Waals surface area contributed by atoms with Crippen molar-refractivity contribution in [1.29, 1.82) is 0 Å². The molecular formula is C16H12ClFN2OS. The highest BCUT2D eigenvalue weighted by atomic mass is 35.5. The van der Waals surface area contributed by atoms with Gasteiger partial charge in [0.1, 0.15) is 5.82 Å². The van der Waals surface area contributed by atoms with E-state index in [0.717, 1.165) is 5.56 Å². The maximum Gasteiger partial charge on any atom is 0.277 e. The molecular weight excluding hydrogens is 323 g/mol. The molecule has 0 spiro atoms. The molecule has 0 aliphatic heterocycles. The van der Waals surface area contributed by atoms with Crippen molar-refractivity contribution in [3.05, 3.63) is 64.9 Å². The minimum Gasteiger partial charge on any atom is -0.411 e. The van der Waals surface area contributed by atoms with E-state index in [2.05, 4.69) is 10.2 Å². The number of aromatic nitrogens is 2. The summed E-state index contributed by atoms with van der Waals surface area (Å²) in [7, 11) is 0. The van der Waals surface area contributed by atoms with Gasteiger partial charge in [0.2, 0.25) is 5.89 Å². The molecule has 1 atom stereocenters. The number of hydrogen-bond acceptors (Lipinski definition) is 4. The van der Waals surface area contributed by atoms with Crippen LogP contribution in [0.5, 0.6) is 0 Å². The maximum absolute atomic E-state index is 12.9. The Hall–Kier alpha value is -1.85. The average Bonchev–Trinajstić information content (AvgIpc) is 2.97. The van der Waals surface area contributed by atoms with E-state index >= 15 is 0 Å². The molecule has 112 valence electrons. The van der Waals surface area contributed by atoms with E-state index in [-0.39, 0.29) is 11.1 Å². The fraction of sp³-hybridized carbons (Fsp3) is 0.125. The summed E-state index contributed by atoms with van der Waals surface area (Å²) in [6.45, 7) is 2.02. The van der Waals surface area contributed by atoms with Gasteiger partial charge in [-0.15, -0.1) is 10.2 Å². The van der Waals surface area contributed by atoms with Gasteiger partial charge in [-0.1, -0.05) is 41.6 Å². The predicted octanol–water partition coefficient (Wildman–Crippen LogP) is 5.38. The second kappa shape index (κ2) is 6.50. The summed E-state index contributed by atoms with van der Waals surface area (Å²) in [5.74, 6) is 0.0686. The fourth-order valence-electron chi connectivity index (χ4n) is 1.99. The van der Waals surface area contributed by atoms with Crippen LogP contribution in [0.3, 0.4) is 0 Å². The lowest BCUT2D eigenvalue weighted by atomic mass is 10.2. The molecule has 1 heterocycles. The molecule has 0 bridgehead atoms. The first kappa shape index (κ1) is 15.1. The van der Waals surface area contributed by atoms with Crippen LogP contribution in [0.2, 0.25) is 5.02 Å². The van der Waals surface area contributed by atoms with Crippen molar-refractivity contribution in [2.24, 2.45) is 0 Å². The summed E-state index contributed by atoms with van der Waals surface area (Å²) in [6, 6.07) is 13.6. The van der Waals surface area contributed by atoms with Crippen LogP contribution in [0.1, 0.15) is 17.7 Å². The SMILES string of the molecule is CC(Sc1nnc(-c2ccc(F)cc2)o1)c1ccccc1Cl. The van der Waals surface area contributed by atoms with Gasteiger partial charge in [-0.25, -0.2) is 4.39 Å². The molecule has 3 rings (SSSR count). The Bertz CT molecular complexity index is 776. The van der Waals surface area contributed by atoms with Gasteiger partial charge in [0.05, 0.1) is 0 Å². The summed E-state index contributed by atoms with van der Waals surface area (Å²) in [5.41, 5.74) is 1.70. The van der Waals surface area contributed by atoms with Gasteiger partial charge in [-0.3, -0.25) is 0 Å². The summed E-state index contributed by atoms with van der Waals surface area (Å²) >= 11 is 7.62. The number of rotatable bonds is 4. The highest BCUT2D eigenvalue weighted by Gasteiger charge is 2.16. The number of thioether (sulfide) groups is 1. The highest BCUT2D eigenvalue weighted by molar-refractivity contribution is 7.99. The van der Waals surface area contributed by atoms with E-state index in [1.807, 2.05) is 31.2 Å². The van der Waals surface area contributed by atoms with Gasteiger partial charge < -0.3 is 4.42 Å². The molecule has 1 unspecified atom stereocenters. The monoisotopic (exact) mass is 334 g/mol. The molecule has 3 aromatic rings.